The Morgan fingerprint density at radius 1 is 1.61 bits per heavy atom. The molecule has 0 saturated heterocycles. The zero-order chi connectivity index (χ0) is 13.3. The average molecular weight is 271 g/mol. The summed E-state index contributed by atoms with van der Waals surface area (Å²) in [6, 6.07) is 4.30. The van der Waals surface area contributed by atoms with Gasteiger partial charge in [0.05, 0.1) is 27.8 Å². The minimum absolute atomic E-state index is 0.00494. The molecule has 5 nitrogen and oxygen atoms in total. The molecule has 98 valence electrons. The van der Waals surface area contributed by atoms with Gasteiger partial charge in [-0.3, -0.25) is 10.1 Å². The van der Waals surface area contributed by atoms with Crippen molar-refractivity contribution in [3.05, 3.63) is 33.3 Å². The quantitative estimate of drug-likeness (QED) is 0.637. The lowest BCUT2D eigenvalue weighted by Gasteiger charge is -2.30. The van der Waals surface area contributed by atoms with Crippen LogP contribution in [0.2, 0.25) is 5.02 Å². The molecule has 2 N–H and O–H groups in total. The lowest BCUT2D eigenvalue weighted by molar-refractivity contribution is -0.384. The number of halogens is 1. The molecular weight excluding hydrogens is 256 g/mol. The molecule has 1 atom stereocenters. The van der Waals surface area contributed by atoms with E-state index in [0.717, 1.165) is 12.8 Å². The summed E-state index contributed by atoms with van der Waals surface area (Å²) in [7, 11) is 0. The van der Waals surface area contributed by atoms with Crippen molar-refractivity contribution in [2.24, 2.45) is 5.92 Å². The standard InChI is InChI=1S/C12H15ClN2O3/c1-12(7-16,8-2-3-8)14-11-5-4-9(15(17)18)6-10(11)13/h4-6,8,14,16H,2-3,7H2,1H3. The Morgan fingerprint density at radius 2 is 2.28 bits per heavy atom. The van der Waals surface area contributed by atoms with E-state index in [4.69, 9.17) is 11.6 Å². The van der Waals surface area contributed by atoms with Gasteiger partial charge in [0, 0.05) is 12.1 Å². The van der Waals surface area contributed by atoms with Crippen LogP contribution >= 0.6 is 11.6 Å². The summed E-state index contributed by atoms with van der Waals surface area (Å²) in [4.78, 5) is 10.1. The zero-order valence-electron chi connectivity index (χ0n) is 10.0. The number of rotatable bonds is 5. The van der Waals surface area contributed by atoms with Crippen LogP contribution in [0.25, 0.3) is 0 Å². The van der Waals surface area contributed by atoms with Crippen LogP contribution in [0, 0.1) is 16.0 Å². The third-order valence-electron chi connectivity index (χ3n) is 3.39. The molecular formula is C12H15ClN2O3. The van der Waals surface area contributed by atoms with Crippen molar-refractivity contribution in [3.8, 4) is 0 Å². The number of nitrogens with zero attached hydrogens (tertiary/aromatic N) is 1. The molecule has 0 spiro atoms. The van der Waals surface area contributed by atoms with Crippen LogP contribution in [0.1, 0.15) is 19.8 Å². The highest BCUT2D eigenvalue weighted by molar-refractivity contribution is 6.33. The van der Waals surface area contributed by atoms with Gasteiger partial charge in [-0.1, -0.05) is 11.6 Å². The van der Waals surface area contributed by atoms with E-state index in [0.29, 0.717) is 16.6 Å². The van der Waals surface area contributed by atoms with E-state index in [1.54, 1.807) is 6.07 Å². The first kappa shape index (κ1) is 13.1. The summed E-state index contributed by atoms with van der Waals surface area (Å²) in [5.41, 5.74) is 0.160. The van der Waals surface area contributed by atoms with E-state index in [2.05, 4.69) is 5.32 Å². The van der Waals surface area contributed by atoms with Gasteiger partial charge in [0.15, 0.2) is 0 Å². The number of benzene rings is 1. The molecule has 1 aromatic rings. The van der Waals surface area contributed by atoms with Crippen molar-refractivity contribution in [1.29, 1.82) is 0 Å². The number of non-ortho nitro benzene ring substituents is 1. The average Bonchev–Trinajstić information content (AvgIpc) is 3.15. The summed E-state index contributed by atoms with van der Waals surface area (Å²) in [6.07, 6.45) is 2.16. The number of anilines is 1. The van der Waals surface area contributed by atoms with E-state index >= 15 is 0 Å². The number of aliphatic hydroxyl groups excluding tert-OH is 1. The van der Waals surface area contributed by atoms with Crippen molar-refractivity contribution in [3.63, 3.8) is 0 Å². The van der Waals surface area contributed by atoms with Gasteiger partial charge in [-0.05, 0) is 31.7 Å². The fourth-order valence-corrected chi connectivity index (χ4v) is 2.24. The van der Waals surface area contributed by atoms with E-state index in [1.807, 2.05) is 6.92 Å². The molecule has 0 radical (unpaired) electrons. The second kappa shape index (κ2) is 4.74. The number of nitro groups is 1. The van der Waals surface area contributed by atoms with Crippen molar-refractivity contribution < 1.29 is 10.0 Å². The Kier molecular flexibility index (Phi) is 3.45. The first-order valence-electron chi connectivity index (χ1n) is 5.79. The van der Waals surface area contributed by atoms with Gasteiger partial charge in [0.25, 0.3) is 5.69 Å². The van der Waals surface area contributed by atoms with Crippen molar-refractivity contribution in [2.75, 3.05) is 11.9 Å². The number of hydrogen-bond acceptors (Lipinski definition) is 4. The third kappa shape index (κ3) is 2.57. The van der Waals surface area contributed by atoms with E-state index < -0.39 is 10.5 Å². The van der Waals surface area contributed by atoms with Crippen molar-refractivity contribution in [2.45, 2.75) is 25.3 Å². The van der Waals surface area contributed by atoms with Gasteiger partial charge in [0.2, 0.25) is 0 Å². The number of nitrogens with one attached hydrogen (secondary N) is 1. The molecule has 18 heavy (non-hydrogen) atoms. The van der Waals surface area contributed by atoms with Gasteiger partial charge in [-0.2, -0.15) is 0 Å². The molecule has 0 heterocycles. The highest BCUT2D eigenvalue weighted by Crippen LogP contribution is 2.42. The maximum Gasteiger partial charge on any atom is 0.271 e. The molecule has 2 rings (SSSR count). The van der Waals surface area contributed by atoms with Crippen LogP contribution in [-0.2, 0) is 0 Å². The summed E-state index contributed by atoms with van der Waals surface area (Å²) >= 11 is 6.01. The van der Waals surface area contributed by atoms with Gasteiger partial charge in [-0.15, -0.1) is 0 Å². The molecule has 0 amide bonds. The smallest absolute Gasteiger partial charge is 0.271 e. The molecule has 1 saturated carbocycles. The topological polar surface area (TPSA) is 75.4 Å². The van der Waals surface area contributed by atoms with Crippen molar-refractivity contribution >= 4 is 23.0 Å². The van der Waals surface area contributed by atoms with E-state index in [-0.39, 0.29) is 12.3 Å². The van der Waals surface area contributed by atoms with Gasteiger partial charge in [-0.25, -0.2) is 0 Å². The fraction of sp³-hybridized carbons (Fsp3) is 0.500. The minimum Gasteiger partial charge on any atom is -0.394 e. The highest BCUT2D eigenvalue weighted by atomic mass is 35.5. The molecule has 1 fully saturated rings. The summed E-state index contributed by atoms with van der Waals surface area (Å²) < 4.78 is 0. The zero-order valence-corrected chi connectivity index (χ0v) is 10.8. The molecule has 0 aliphatic heterocycles. The molecule has 0 aromatic heterocycles. The monoisotopic (exact) mass is 270 g/mol. The number of hydrogen-bond donors (Lipinski definition) is 2. The molecule has 6 heteroatoms. The fourth-order valence-electron chi connectivity index (χ4n) is 2.02. The van der Waals surface area contributed by atoms with Gasteiger partial charge >= 0.3 is 0 Å². The lowest BCUT2D eigenvalue weighted by Crippen LogP contribution is -2.41. The molecule has 1 unspecified atom stereocenters. The lowest BCUT2D eigenvalue weighted by atomic mass is 9.96. The molecule has 1 aromatic carbocycles. The predicted octanol–water partition coefficient (Wildman–Crippen LogP) is 2.82. The molecule has 0 bridgehead atoms. The second-order valence-corrected chi connectivity index (χ2v) is 5.30. The number of nitro benzene ring substituents is 1. The highest BCUT2D eigenvalue weighted by Gasteiger charge is 2.41. The molecule has 1 aliphatic carbocycles. The minimum atomic E-state index is -0.484. The Hall–Kier alpha value is -1.33. The van der Waals surface area contributed by atoms with Crippen LogP contribution in [-0.4, -0.2) is 22.2 Å². The van der Waals surface area contributed by atoms with E-state index in [1.165, 1.54) is 12.1 Å². The normalized spacial score (nSPS) is 18.2. The van der Waals surface area contributed by atoms with Crippen LogP contribution in [0.3, 0.4) is 0 Å². The Labute approximate surface area is 110 Å². The largest absolute Gasteiger partial charge is 0.394 e. The first-order chi connectivity index (χ1) is 8.46. The Bertz CT molecular complexity index is 476. The van der Waals surface area contributed by atoms with Crippen LogP contribution in [0.5, 0.6) is 0 Å². The maximum absolute atomic E-state index is 10.6. The SMILES string of the molecule is CC(CO)(Nc1ccc([N+](=O)[O-])cc1Cl)C1CC1. The van der Waals surface area contributed by atoms with Gasteiger partial charge < -0.3 is 10.4 Å². The van der Waals surface area contributed by atoms with Gasteiger partial charge in [0.1, 0.15) is 0 Å². The molecule has 1 aliphatic rings. The van der Waals surface area contributed by atoms with Crippen LogP contribution < -0.4 is 5.32 Å². The number of aliphatic hydroxyl groups is 1. The van der Waals surface area contributed by atoms with Crippen molar-refractivity contribution in [1.82, 2.24) is 0 Å². The summed E-state index contributed by atoms with van der Waals surface area (Å²) in [6.45, 7) is 1.94. The predicted molar refractivity (Wildman–Crippen MR) is 69.9 cm³/mol. The summed E-state index contributed by atoms with van der Waals surface area (Å²) in [5, 5.41) is 23.6. The maximum atomic E-state index is 10.6. The summed E-state index contributed by atoms with van der Waals surface area (Å²) in [5.74, 6) is 0.425. The second-order valence-electron chi connectivity index (χ2n) is 4.90. The van der Waals surface area contributed by atoms with Crippen LogP contribution in [0.15, 0.2) is 18.2 Å². The Balaban J connectivity index is 2.21. The van der Waals surface area contributed by atoms with E-state index in [9.17, 15) is 15.2 Å². The van der Waals surface area contributed by atoms with Crippen LogP contribution in [0.4, 0.5) is 11.4 Å². The third-order valence-corrected chi connectivity index (χ3v) is 3.70. The first-order valence-corrected chi connectivity index (χ1v) is 6.17. The Morgan fingerprint density at radius 3 is 2.72 bits per heavy atom.